The summed E-state index contributed by atoms with van der Waals surface area (Å²) < 4.78 is 14.5. The van der Waals surface area contributed by atoms with Crippen LogP contribution in [0.2, 0.25) is 0 Å². The molecule has 1 fully saturated rings. The highest BCUT2D eigenvalue weighted by Gasteiger charge is 2.33. The maximum absolute atomic E-state index is 14.5. The van der Waals surface area contributed by atoms with Crippen molar-refractivity contribution in [2.24, 2.45) is 0 Å². The molecule has 0 aliphatic carbocycles. The largest absolute Gasteiger partial charge is 0.295 e. The standard InChI is InChI=1S/C13H15FOS/c1-10(15)11-3-5-12(6-4-11)13(14)7-2-8-16-9-13/h3-6H,2,7-9H2,1H3. The van der Waals surface area contributed by atoms with Crippen molar-refractivity contribution < 1.29 is 9.18 Å². The van der Waals surface area contributed by atoms with Gasteiger partial charge in [-0.25, -0.2) is 4.39 Å². The van der Waals surface area contributed by atoms with Crippen molar-refractivity contribution in [2.75, 3.05) is 11.5 Å². The van der Waals surface area contributed by atoms with Gasteiger partial charge in [-0.3, -0.25) is 4.79 Å². The van der Waals surface area contributed by atoms with Gasteiger partial charge >= 0.3 is 0 Å². The molecule has 1 unspecified atom stereocenters. The van der Waals surface area contributed by atoms with E-state index in [-0.39, 0.29) is 5.78 Å². The van der Waals surface area contributed by atoms with E-state index in [1.54, 1.807) is 36.0 Å². The molecule has 1 atom stereocenters. The minimum absolute atomic E-state index is 0.0254. The fourth-order valence-corrected chi connectivity index (χ4v) is 3.12. The van der Waals surface area contributed by atoms with Gasteiger partial charge < -0.3 is 0 Å². The van der Waals surface area contributed by atoms with E-state index < -0.39 is 5.67 Å². The molecule has 2 rings (SSSR count). The summed E-state index contributed by atoms with van der Waals surface area (Å²) in [5.41, 5.74) is 0.165. The molecule has 1 aliphatic rings. The third kappa shape index (κ3) is 2.29. The number of hydrogen-bond acceptors (Lipinski definition) is 2. The Morgan fingerprint density at radius 3 is 2.56 bits per heavy atom. The Labute approximate surface area is 99.4 Å². The number of benzene rings is 1. The number of halogens is 1. The molecule has 0 aromatic heterocycles. The van der Waals surface area contributed by atoms with Crippen LogP contribution in [-0.4, -0.2) is 17.3 Å². The van der Waals surface area contributed by atoms with Crippen LogP contribution in [0.3, 0.4) is 0 Å². The predicted octanol–water partition coefficient (Wildman–Crippen LogP) is 3.58. The first kappa shape index (κ1) is 11.6. The van der Waals surface area contributed by atoms with E-state index >= 15 is 0 Å². The summed E-state index contributed by atoms with van der Waals surface area (Å²) in [5.74, 6) is 1.61. The normalized spacial score (nSPS) is 25.4. The highest BCUT2D eigenvalue weighted by Crippen LogP contribution is 2.38. The van der Waals surface area contributed by atoms with Gasteiger partial charge in [0.1, 0.15) is 5.67 Å². The molecule has 1 aromatic carbocycles. The molecule has 1 aliphatic heterocycles. The van der Waals surface area contributed by atoms with E-state index in [1.165, 1.54) is 6.92 Å². The lowest BCUT2D eigenvalue weighted by atomic mass is 9.91. The van der Waals surface area contributed by atoms with Crippen LogP contribution < -0.4 is 0 Å². The number of Topliss-reactive ketones (excluding diaryl/α,β-unsaturated/α-hetero) is 1. The second-order valence-corrected chi connectivity index (χ2v) is 5.36. The molecule has 1 heterocycles. The summed E-state index contributed by atoms with van der Waals surface area (Å²) in [6, 6.07) is 6.95. The van der Waals surface area contributed by atoms with E-state index in [2.05, 4.69) is 0 Å². The minimum Gasteiger partial charge on any atom is -0.295 e. The third-order valence-corrected chi connectivity index (χ3v) is 4.24. The number of rotatable bonds is 2. The fraction of sp³-hybridized carbons (Fsp3) is 0.462. The summed E-state index contributed by atoms with van der Waals surface area (Å²) in [5, 5.41) is 0. The van der Waals surface area contributed by atoms with Crippen LogP contribution >= 0.6 is 11.8 Å². The average Bonchev–Trinajstić information content (AvgIpc) is 2.30. The number of alkyl halides is 1. The number of hydrogen-bond donors (Lipinski definition) is 0. The molecule has 0 spiro atoms. The van der Waals surface area contributed by atoms with Gasteiger partial charge in [-0.05, 0) is 31.1 Å². The molecule has 0 bridgehead atoms. The highest BCUT2D eigenvalue weighted by atomic mass is 32.2. The maximum atomic E-state index is 14.5. The summed E-state index contributed by atoms with van der Waals surface area (Å²) in [6.07, 6.45) is 1.52. The topological polar surface area (TPSA) is 17.1 Å². The third-order valence-electron chi connectivity index (χ3n) is 3.00. The molecule has 3 heteroatoms. The lowest BCUT2D eigenvalue weighted by Crippen LogP contribution is -2.27. The Hall–Kier alpha value is -0.830. The molecule has 16 heavy (non-hydrogen) atoms. The zero-order chi connectivity index (χ0) is 11.6. The quantitative estimate of drug-likeness (QED) is 0.732. The summed E-state index contributed by atoms with van der Waals surface area (Å²) >= 11 is 1.67. The summed E-state index contributed by atoms with van der Waals surface area (Å²) in [6.45, 7) is 1.52. The van der Waals surface area contributed by atoms with Crippen LogP contribution in [0.15, 0.2) is 24.3 Å². The summed E-state index contributed by atoms with van der Waals surface area (Å²) in [4.78, 5) is 11.1. The first-order valence-electron chi connectivity index (χ1n) is 5.50. The van der Waals surface area contributed by atoms with Gasteiger partial charge in [-0.15, -0.1) is 0 Å². The second-order valence-electron chi connectivity index (χ2n) is 4.25. The number of carbonyl (C=O) groups excluding carboxylic acids is 1. The van der Waals surface area contributed by atoms with Crippen LogP contribution in [0.1, 0.15) is 35.7 Å². The van der Waals surface area contributed by atoms with Crippen molar-refractivity contribution in [3.63, 3.8) is 0 Å². The molecule has 0 radical (unpaired) electrons. The maximum Gasteiger partial charge on any atom is 0.159 e. The van der Waals surface area contributed by atoms with Crippen molar-refractivity contribution >= 4 is 17.5 Å². The van der Waals surface area contributed by atoms with Gasteiger partial charge in [0.2, 0.25) is 0 Å². The molecule has 86 valence electrons. The van der Waals surface area contributed by atoms with Crippen LogP contribution in [-0.2, 0) is 5.67 Å². The van der Waals surface area contributed by atoms with Crippen molar-refractivity contribution in [1.82, 2.24) is 0 Å². The van der Waals surface area contributed by atoms with Crippen molar-refractivity contribution in [1.29, 1.82) is 0 Å². The average molecular weight is 238 g/mol. The molecule has 1 nitrogen and oxygen atoms in total. The highest BCUT2D eigenvalue weighted by molar-refractivity contribution is 7.99. The van der Waals surface area contributed by atoms with E-state index in [1.807, 2.05) is 0 Å². The van der Waals surface area contributed by atoms with E-state index in [0.717, 1.165) is 12.2 Å². The van der Waals surface area contributed by atoms with Crippen molar-refractivity contribution in [3.8, 4) is 0 Å². The van der Waals surface area contributed by atoms with Gasteiger partial charge in [-0.1, -0.05) is 24.3 Å². The molecular weight excluding hydrogens is 223 g/mol. The number of ketones is 1. The Morgan fingerprint density at radius 1 is 1.38 bits per heavy atom. The van der Waals surface area contributed by atoms with E-state index in [0.29, 0.717) is 23.3 Å². The smallest absolute Gasteiger partial charge is 0.159 e. The zero-order valence-electron chi connectivity index (χ0n) is 9.33. The SMILES string of the molecule is CC(=O)c1ccc(C2(F)CCCSC2)cc1. The van der Waals surface area contributed by atoms with Crippen LogP contribution in [0.5, 0.6) is 0 Å². The van der Waals surface area contributed by atoms with Crippen molar-refractivity contribution in [3.05, 3.63) is 35.4 Å². The van der Waals surface area contributed by atoms with E-state index in [4.69, 9.17) is 0 Å². The van der Waals surface area contributed by atoms with E-state index in [9.17, 15) is 9.18 Å². The fourth-order valence-electron chi connectivity index (χ4n) is 1.99. The monoisotopic (exact) mass is 238 g/mol. The van der Waals surface area contributed by atoms with Gasteiger partial charge in [0.05, 0.1) is 0 Å². The van der Waals surface area contributed by atoms with Gasteiger partial charge in [0, 0.05) is 11.3 Å². The van der Waals surface area contributed by atoms with Crippen LogP contribution in [0, 0.1) is 0 Å². The zero-order valence-corrected chi connectivity index (χ0v) is 10.1. The predicted molar refractivity (Wildman–Crippen MR) is 65.8 cm³/mol. The van der Waals surface area contributed by atoms with Crippen LogP contribution in [0.25, 0.3) is 0 Å². The Morgan fingerprint density at radius 2 is 2.06 bits per heavy atom. The first-order valence-corrected chi connectivity index (χ1v) is 6.65. The first-order chi connectivity index (χ1) is 7.62. The minimum atomic E-state index is -1.20. The Kier molecular flexibility index (Phi) is 3.33. The van der Waals surface area contributed by atoms with Crippen molar-refractivity contribution in [2.45, 2.75) is 25.4 Å². The number of thioether (sulfide) groups is 1. The molecule has 1 saturated heterocycles. The van der Waals surface area contributed by atoms with Gasteiger partial charge in [0.25, 0.3) is 0 Å². The second kappa shape index (κ2) is 4.58. The van der Waals surface area contributed by atoms with Crippen LogP contribution in [0.4, 0.5) is 4.39 Å². The Balaban J connectivity index is 2.23. The lowest BCUT2D eigenvalue weighted by molar-refractivity contribution is 0.101. The molecule has 0 amide bonds. The molecular formula is C13H15FOS. The van der Waals surface area contributed by atoms with Gasteiger partial charge in [-0.2, -0.15) is 11.8 Å². The van der Waals surface area contributed by atoms with Gasteiger partial charge in [0.15, 0.2) is 5.78 Å². The molecule has 0 N–H and O–H groups in total. The summed E-state index contributed by atoms with van der Waals surface area (Å²) in [7, 11) is 0. The molecule has 1 aromatic rings. The number of carbonyl (C=O) groups is 1. The Bertz CT molecular complexity index is 379. The molecule has 0 saturated carbocycles. The lowest BCUT2D eigenvalue weighted by Gasteiger charge is -2.29.